The molecule has 0 radical (unpaired) electrons. The molecule has 0 aliphatic carbocycles. The van der Waals surface area contributed by atoms with Crippen molar-refractivity contribution in [2.24, 2.45) is 27.9 Å². The molecule has 0 aliphatic rings. The maximum Gasteiger partial charge on any atom is 0.189 e. The summed E-state index contributed by atoms with van der Waals surface area (Å²) in [6.45, 7) is 0. The fourth-order valence-corrected chi connectivity index (χ4v) is 0.769. The minimum Gasteiger partial charge on any atom is -0.743 e. The van der Waals surface area contributed by atoms with Crippen molar-refractivity contribution in [3.8, 4) is 0 Å². The summed E-state index contributed by atoms with van der Waals surface area (Å²) in [5.41, 5.74) is 19.7. The van der Waals surface area contributed by atoms with Gasteiger partial charge < -0.3 is 40.9 Å². The van der Waals surface area contributed by atoms with Crippen LogP contribution in [0.2, 0.25) is 0 Å². The molecule has 0 aromatic rings. The van der Waals surface area contributed by atoms with Gasteiger partial charge in [-0.2, -0.15) is 0 Å². The van der Waals surface area contributed by atoms with Crippen LogP contribution >= 0.6 is 36.7 Å². The van der Waals surface area contributed by atoms with E-state index in [4.69, 9.17) is 22.9 Å². The van der Waals surface area contributed by atoms with Crippen LogP contribution in [0.25, 0.3) is 0 Å². The molecule has 0 heterocycles. The summed E-state index contributed by atoms with van der Waals surface area (Å²) in [5, 5.41) is 2.49. The SMILES string of the molecule is NC(=S)N=C(N)[S-].NC(=S)NC(N)=S.[Ni]. The first-order valence-corrected chi connectivity index (χ1v) is 4.55. The zero-order chi connectivity index (χ0) is 11.7. The van der Waals surface area contributed by atoms with Crippen molar-refractivity contribution >= 4 is 69.8 Å². The van der Waals surface area contributed by atoms with Gasteiger partial charge in [-0.3, -0.25) is 0 Å². The van der Waals surface area contributed by atoms with E-state index >= 15 is 0 Å². The average molecular weight is 328 g/mol. The van der Waals surface area contributed by atoms with E-state index in [1.54, 1.807) is 0 Å². The quantitative estimate of drug-likeness (QED) is 0.114. The number of nitrogens with two attached hydrogens (primary N) is 4. The van der Waals surface area contributed by atoms with E-state index in [0.717, 1.165) is 0 Å². The van der Waals surface area contributed by atoms with E-state index < -0.39 is 0 Å². The summed E-state index contributed by atoms with van der Waals surface area (Å²) in [6, 6.07) is 0. The molecule has 9 N–H and O–H groups in total. The van der Waals surface area contributed by atoms with E-state index in [-0.39, 0.29) is 37.0 Å². The number of hydrogen-bond donors (Lipinski definition) is 5. The van der Waals surface area contributed by atoms with Crippen molar-refractivity contribution in [1.29, 1.82) is 0 Å². The zero-order valence-corrected chi connectivity index (χ0v) is 11.5. The van der Waals surface area contributed by atoms with Crippen LogP contribution in [0.3, 0.4) is 0 Å². The van der Waals surface area contributed by atoms with E-state index in [1.807, 2.05) is 0 Å². The number of nitrogens with one attached hydrogen (secondary N) is 1. The van der Waals surface area contributed by atoms with Crippen LogP contribution in [0, 0.1) is 0 Å². The molecule has 0 atom stereocenters. The van der Waals surface area contributed by atoms with Crippen molar-refractivity contribution in [3.05, 3.63) is 0 Å². The fourth-order valence-electron chi connectivity index (χ4n) is 0.230. The molecule has 15 heavy (non-hydrogen) atoms. The molecule has 0 amide bonds. The fraction of sp³-hybridized carbons (Fsp3) is 0. The molecule has 0 bridgehead atoms. The first-order valence-electron chi connectivity index (χ1n) is 2.92. The molecular formula is C4H9N6NiS4-. The van der Waals surface area contributed by atoms with Crippen LogP contribution in [0.15, 0.2) is 4.99 Å². The number of aliphatic imine (C=N–C) groups is 1. The Morgan fingerprint density at radius 2 is 1.33 bits per heavy atom. The van der Waals surface area contributed by atoms with Crippen molar-refractivity contribution in [2.75, 3.05) is 0 Å². The van der Waals surface area contributed by atoms with Gasteiger partial charge in [0.25, 0.3) is 0 Å². The Morgan fingerprint density at radius 1 is 1.00 bits per heavy atom. The molecule has 0 saturated heterocycles. The number of rotatable bonds is 0. The summed E-state index contributed by atoms with van der Waals surface area (Å²) < 4.78 is 0. The molecule has 0 spiro atoms. The third kappa shape index (κ3) is 31.7. The van der Waals surface area contributed by atoms with Gasteiger partial charge in [0.15, 0.2) is 15.3 Å². The molecule has 90 valence electrons. The number of amidine groups is 1. The molecule has 0 aromatic heterocycles. The van der Waals surface area contributed by atoms with Crippen LogP contribution in [0.1, 0.15) is 0 Å². The standard InChI is InChI=1S/2C2H5N3S2.Ni/c2*3-1(6)5-2(4)7;/h2*(H5,3,4,5,6,7);/p-1. The van der Waals surface area contributed by atoms with Crippen LogP contribution in [-0.2, 0) is 29.1 Å². The maximum atomic E-state index is 4.95. The molecule has 0 fully saturated rings. The second-order valence-corrected chi connectivity index (χ2v) is 3.36. The van der Waals surface area contributed by atoms with Crippen molar-refractivity contribution in [1.82, 2.24) is 5.32 Å². The van der Waals surface area contributed by atoms with Gasteiger partial charge in [0.2, 0.25) is 0 Å². The van der Waals surface area contributed by atoms with E-state index in [1.165, 1.54) is 0 Å². The largest absolute Gasteiger partial charge is 0.743 e. The van der Waals surface area contributed by atoms with E-state index in [9.17, 15) is 0 Å². The molecule has 0 unspecified atom stereocenters. The minimum atomic E-state index is -0.0208. The van der Waals surface area contributed by atoms with Crippen LogP contribution in [0.4, 0.5) is 0 Å². The molecule has 0 aromatic carbocycles. The smallest absolute Gasteiger partial charge is 0.189 e. The van der Waals surface area contributed by atoms with Gasteiger partial charge in [0, 0.05) is 16.5 Å². The Kier molecular flexibility index (Phi) is 15.7. The van der Waals surface area contributed by atoms with Gasteiger partial charge in [-0.05, 0) is 41.8 Å². The number of thiocarbonyl (C=S) groups is 3. The normalized spacial score (nSPS) is 8.67. The maximum absolute atomic E-state index is 4.95. The molecule has 11 heteroatoms. The van der Waals surface area contributed by atoms with Crippen LogP contribution in [-0.4, -0.2) is 20.5 Å². The molecule has 0 aliphatic heterocycles. The van der Waals surface area contributed by atoms with Crippen LogP contribution in [0.5, 0.6) is 0 Å². The molecule has 0 rings (SSSR count). The second-order valence-electron chi connectivity index (χ2n) is 1.64. The minimum absolute atomic E-state index is 0. The summed E-state index contributed by atoms with van der Waals surface area (Å²) in [4.78, 5) is 3.30. The Bertz CT molecular complexity index is 250. The Labute approximate surface area is 119 Å². The van der Waals surface area contributed by atoms with Gasteiger partial charge in [0.1, 0.15) is 0 Å². The Hall–Kier alpha value is -0.346. The van der Waals surface area contributed by atoms with Gasteiger partial charge in [-0.25, -0.2) is 4.99 Å². The van der Waals surface area contributed by atoms with E-state index in [0.29, 0.717) is 0 Å². The van der Waals surface area contributed by atoms with E-state index in [2.05, 4.69) is 59.6 Å². The summed E-state index contributed by atoms with van der Waals surface area (Å²) in [7, 11) is 0. The third-order valence-corrected chi connectivity index (χ3v) is 0.853. The summed E-state index contributed by atoms with van der Waals surface area (Å²) in [6.07, 6.45) is 0. The summed E-state index contributed by atoms with van der Waals surface area (Å²) in [5.74, 6) is 0. The topological polar surface area (TPSA) is 128 Å². The van der Waals surface area contributed by atoms with Crippen molar-refractivity contribution < 1.29 is 16.5 Å². The van der Waals surface area contributed by atoms with Crippen molar-refractivity contribution in [3.63, 3.8) is 0 Å². The predicted molar refractivity (Wildman–Crippen MR) is 72.5 cm³/mol. The first kappa shape index (κ1) is 20.1. The predicted octanol–water partition coefficient (Wildman–Crippen LogP) is -1.85. The van der Waals surface area contributed by atoms with Gasteiger partial charge >= 0.3 is 0 Å². The average Bonchev–Trinajstić information content (AvgIpc) is 1.79. The summed E-state index contributed by atoms with van der Waals surface area (Å²) >= 11 is 17.4. The van der Waals surface area contributed by atoms with Gasteiger partial charge in [-0.15, -0.1) is 0 Å². The number of hydrogen-bond acceptors (Lipinski definition) is 4. The third-order valence-electron chi connectivity index (χ3n) is 0.467. The zero-order valence-electron chi connectivity index (χ0n) is 7.21. The number of nitrogens with zero attached hydrogens (tertiary/aromatic N) is 1. The molecule has 0 saturated carbocycles. The van der Waals surface area contributed by atoms with Crippen molar-refractivity contribution in [2.45, 2.75) is 0 Å². The molecule has 6 nitrogen and oxygen atoms in total. The van der Waals surface area contributed by atoms with Crippen LogP contribution < -0.4 is 28.3 Å². The Balaban J connectivity index is -0.000000180. The monoisotopic (exact) mass is 327 g/mol. The Morgan fingerprint density at radius 3 is 1.33 bits per heavy atom. The first-order chi connectivity index (χ1) is 6.25. The second kappa shape index (κ2) is 11.7. The van der Waals surface area contributed by atoms with Gasteiger partial charge in [-0.1, -0.05) is 0 Å². The molecular weight excluding hydrogens is 319 g/mol. The van der Waals surface area contributed by atoms with Gasteiger partial charge in [0.05, 0.1) is 0 Å².